The maximum Gasteiger partial charge on any atom is 0.319 e. The van der Waals surface area contributed by atoms with E-state index in [1.165, 1.54) is 0 Å². The molecule has 0 spiro atoms. The predicted octanol–water partition coefficient (Wildman–Crippen LogP) is 1.66. The zero-order chi connectivity index (χ0) is 15.2. The van der Waals surface area contributed by atoms with Crippen LogP contribution in [-0.4, -0.2) is 38.2 Å². The van der Waals surface area contributed by atoms with Crippen molar-refractivity contribution in [2.75, 3.05) is 25.5 Å². The quantitative estimate of drug-likeness (QED) is 0.789. The van der Waals surface area contributed by atoms with Crippen LogP contribution in [0.3, 0.4) is 0 Å². The molecule has 3 amide bonds. The molecule has 1 unspecified atom stereocenters. The second-order valence-corrected chi connectivity index (χ2v) is 5.08. The van der Waals surface area contributed by atoms with Gasteiger partial charge in [0, 0.05) is 31.5 Å². The zero-order valence-electron chi connectivity index (χ0n) is 12.4. The van der Waals surface area contributed by atoms with Crippen molar-refractivity contribution >= 4 is 17.6 Å². The van der Waals surface area contributed by atoms with Gasteiger partial charge in [0.2, 0.25) is 0 Å². The number of carbonyl (C=O) groups excluding carboxylic acids is 2. The van der Waals surface area contributed by atoms with Crippen LogP contribution in [-0.2, 0) is 4.74 Å². The largest absolute Gasteiger partial charge is 0.376 e. The summed E-state index contributed by atoms with van der Waals surface area (Å²) in [6, 6.07) is 4.91. The van der Waals surface area contributed by atoms with Gasteiger partial charge in [-0.3, -0.25) is 4.79 Å². The maximum atomic E-state index is 11.9. The fraction of sp³-hybridized carbons (Fsp3) is 0.467. The van der Waals surface area contributed by atoms with Gasteiger partial charge in [-0.1, -0.05) is 6.07 Å². The molecule has 1 fully saturated rings. The number of urea groups is 1. The highest BCUT2D eigenvalue weighted by atomic mass is 16.5. The second-order valence-electron chi connectivity index (χ2n) is 5.08. The van der Waals surface area contributed by atoms with Gasteiger partial charge in [-0.2, -0.15) is 0 Å². The molecule has 6 nitrogen and oxygen atoms in total. The van der Waals surface area contributed by atoms with E-state index in [1.807, 2.05) is 6.92 Å². The van der Waals surface area contributed by atoms with Crippen LogP contribution >= 0.6 is 0 Å². The van der Waals surface area contributed by atoms with Crippen LogP contribution in [0.5, 0.6) is 0 Å². The first-order valence-corrected chi connectivity index (χ1v) is 7.09. The molecule has 3 N–H and O–H groups in total. The molecule has 0 bridgehead atoms. The highest BCUT2D eigenvalue weighted by molar-refractivity contribution is 5.97. The van der Waals surface area contributed by atoms with Gasteiger partial charge in [0.05, 0.1) is 6.10 Å². The van der Waals surface area contributed by atoms with E-state index in [9.17, 15) is 9.59 Å². The lowest BCUT2D eigenvalue weighted by Gasteiger charge is -2.13. The van der Waals surface area contributed by atoms with Gasteiger partial charge in [0.25, 0.3) is 5.91 Å². The van der Waals surface area contributed by atoms with E-state index in [0.29, 0.717) is 17.8 Å². The number of aryl methyl sites for hydroxylation is 1. The van der Waals surface area contributed by atoms with Gasteiger partial charge in [-0.25, -0.2) is 4.79 Å². The summed E-state index contributed by atoms with van der Waals surface area (Å²) in [5.74, 6) is -0.183. The molecule has 0 saturated carbocycles. The van der Waals surface area contributed by atoms with Crippen molar-refractivity contribution in [3.05, 3.63) is 29.3 Å². The average molecular weight is 291 g/mol. The molecule has 1 atom stereocenters. The standard InChI is InChI=1S/C15H21N3O3/c1-10-5-6-11(14(19)16-2)8-13(10)18-15(20)17-9-12-4-3-7-21-12/h5-6,8,12H,3-4,7,9H2,1-2H3,(H,16,19)(H2,17,18,20). The first-order chi connectivity index (χ1) is 10.1. The molecule has 0 aliphatic carbocycles. The minimum absolute atomic E-state index is 0.106. The lowest BCUT2D eigenvalue weighted by atomic mass is 10.1. The molecule has 1 aromatic rings. The van der Waals surface area contributed by atoms with Crippen molar-refractivity contribution in [3.63, 3.8) is 0 Å². The number of benzene rings is 1. The van der Waals surface area contributed by atoms with E-state index in [1.54, 1.807) is 25.2 Å². The van der Waals surface area contributed by atoms with Crippen LogP contribution in [0.2, 0.25) is 0 Å². The molecular weight excluding hydrogens is 270 g/mol. The average Bonchev–Trinajstić information content (AvgIpc) is 3.00. The molecule has 1 aliphatic rings. The summed E-state index contributed by atoms with van der Waals surface area (Å²) < 4.78 is 5.45. The van der Waals surface area contributed by atoms with Crippen LogP contribution in [0, 0.1) is 6.92 Å². The Balaban J connectivity index is 1.94. The number of rotatable bonds is 4. The zero-order valence-corrected chi connectivity index (χ0v) is 12.4. The van der Waals surface area contributed by atoms with Gasteiger partial charge >= 0.3 is 6.03 Å². The predicted molar refractivity (Wildman–Crippen MR) is 80.6 cm³/mol. The van der Waals surface area contributed by atoms with Crippen molar-refractivity contribution in [2.45, 2.75) is 25.9 Å². The summed E-state index contributed by atoms with van der Waals surface area (Å²) in [4.78, 5) is 23.5. The first kappa shape index (κ1) is 15.3. The molecule has 1 aliphatic heterocycles. The lowest BCUT2D eigenvalue weighted by Crippen LogP contribution is -2.35. The lowest BCUT2D eigenvalue weighted by molar-refractivity contribution is 0.0963. The van der Waals surface area contributed by atoms with Crippen LogP contribution < -0.4 is 16.0 Å². The van der Waals surface area contributed by atoms with E-state index >= 15 is 0 Å². The second kappa shape index (κ2) is 7.08. The van der Waals surface area contributed by atoms with E-state index < -0.39 is 0 Å². The molecule has 1 aromatic carbocycles. The minimum Gasteiger partial charge on any atom is -0.376 e. The summed E-state index contributed by atoms with van der Waals surface area (Å²) in [6.07, 6.45) is 2.13. The number of amides is 3. The fourth-order valence-electron chi connectivity index (χ4n) is 2.22. The third-order valence-corrected chi connectivity index (χ3v) is 3.49. The van der Waals surface area contributed by atoms with Crippen LogP contribution in [0.15, 0.2) is 18.2 Å². The van der Waals surface area contributed by atoms with Crippen molar-refractivity contribution in [1.82, 2.24) is 10.6 Å². The third-order valence-electron chi connectivity index (χ3n) is 3.49. The summed E-state index contributed by atoms with van der Waals surface area (Å²) in [6.45, 7) is 3.14. The van der Waals surface area contributed by atoms with Crippen LogP contribution in [0.4, 0.5) is 10.5 Å². The first-order valence-electron chi connectivity index (χ1n) is 7.09. The van der Waals surface area contributed by atoms with Crippen molar-refractivity contribution in [2.24, 2.45) is 0 Å². The number of nitrogens with one attached hydrogen (secondary N) is 3. The van der Waals surface area contributed by atoms with E-state index in [2.05, 4.69) is 16.0 Å². The molecule has 0 radical (unpaired) electrons. The number of anilines is 1. The SMILES string of the molecule is CNC(=O)c1ccc(C)c(NC(=O)NCC2CCCO2)c1. The summed E-state index contributed by atoms with van der Waals surface area (Å²) in [5.41, 5.74) is 2.04. The smallest absolute Gasteiger partial charge is 0.319 e. The Morgan fingerprint density at radius 1 is 1.38 bits per heavy atom. The van der Waals surface area contributed by atoms with Gasteiger partial charge in [0.15, 0.2) is 0 Å². The topological polar surface area (TPSA) is 79.5 Å². The molecule has 21 heavy (non-hydrogen) atoms. The van der Waals surface area contributed by atoms with E-state index in [-0.39, 0.29) is 18.0 Å². The number of carbonyl (C=O) groups is 2. The van der Waals surface area contributed by atoms with Gasteiger partial charge in [-0.15, -0.1) is 0 Å². The fourth-order valence-corrected chi connectivity index (χ4v) is 2.22. The van der Waals surface area contributed by atoms with Crippen LogP contribution in [0.25, 0.3) is 0 Å². The highest BCUT2D eigenvalue weighted by Crippen LogP contribution is 2.17. The molecule has 1 heterocycles. The van der Waals surface area contributed by atoms with Crippen LogP contribution in [0.1, 0.15) is 28.8 Å². The van der Waals surface area contributed by atoms with Gasteiger partial charge < -0.3 is 20.7 Å². The molecule has 2 rings (SSSR count). The maximum absolute atomic E-state index is 11.9. The number of hydrogen-bond acceptors (Lipinski definition) is 3. The summed E-state index contributed by atoms with van der Waals surface area (Å²) in [5, 5.41) is 8.12. The Morgan fingerprint density at radius 2 is 2.19 bits per heavy atom. The number of hydrogen-bond donors (Lipinski definition) is 3. The highest BCUT2D eigenvalue weighted by Gasteiger charge is 2.16. The monoisotopic (exact) mass is 291 g/mol. The van der Waals surface area contributed by atoms with E-state index in [4.69, 9.17) is 4.74 Å². The Labute approximate surface area is 124 Å². The summed E-state index contributed by atoms with van der Waals surface area (Å²) in [7, 11) is 1.57. The van der Waals surface area contributed by atoms with Crippen molar-refractivity contribution in [1.29, 1.82) is 0 Å². The molecule has 114 valence electrons. The molecule has 6 heteroatoms. The Kier molecular flexibility index (Phi) is 5.16. The van der Waals surface area contributed by atoms with Gasteiger partial charge in [-0.05, 0) is 37.5 Å². The molecule has 1 saturated heterocycles. The molecule has 0 aromatic heterocycles. The van der Waals surface area contributed by atoms with Gasteiger partial charge in [0.1, 0.15) is 0 Å². The normalized spacial score (nSPS) is 17.3. The molecular formula is C15H21N3O3. The minimum atomic E-state index is -0.289. The Bertz CT molecular complexity index is 525. The van der Waals surface area contributed by atoms with Crippen molar-refractivity contribution in [3.8, 4) is 0 Å². The Morgan fingerprint density at radius 3 is 2.86 bits per heavy atom. The van der Waals surface area contributed by atoms with E-state index in [0.717, 1.165) is 25.0 Å². The summed E-state index contributed by atoms with van der Waals surface area (Å²) >= 11 is 0. The third kappa shape index (κ3) is 4.19. The Hall–Kier alpha value is -2.08. The number of ether oxygens (including phenoxy) is 1. The van der Waals surface area contributed by atoms with Crippen molar-refractivity contribution < 1.29 is 14.3 Å².